The van der Waals surface area contributed by atoms with E-state index in [1.807, 2.05) is 0 Å². The number of fused-ring (bicyclic) bond motifs is 1. The number of benzene rings is 2. The molecule has 1 aliphatic heterocycles. The van der Waals surface area contributed by atoms with Crippen molar-refractivity contribution in [3.8, 4) is 28.7 Å². The lowest BCUT2D eigenvalue weighted by atomic mass is 9.95. The van der Waals surface area contributed by atoms with Gasteiger partial charge in [-0.3, -0.25) is 4.79 Å². The fourth-order valence-corrected chi connectivity index (χ4v) is 2.50. The molecule has 0 saturated heterocycles. The van der Waals surface area contributed by atoms with Crippen LogP contribution in [0.1, 0.15) is 17.2 Å². The summed E-state index contributed by atoms with van der Waals surface area (Å²) in [6.45, 7) is 0. The average molecular weight is 302 g/mol. The van der Waals surface area contributed by atoms with Crippen molar-refractivity contribution >= 4 is 5.78 Å². The van der Waals surface area contributed by atoms with E-state index in [1.165, 1.54) is 19.2 Å². The molecule has 22 heavy (non-hydrogen) atoms. The molecule has 2 aromatic rings. The fourth-order valence-electron chi connectivity index (χ4n) is 2.50. The van der Waals surface area contributed by atoms with Crippen LogP contribution in [0.2, 0.25) is 0 Å². The number of ketones is 1. The maximum Gasteiger partial charge on any atom is 0.203 e. The van der Waals surface area contributed by atoms with Crippen molar-refractivity contribution in [2.45, 2.75) is 12.5 Å². The molecule has 3 N–H and O–H groups in total. The van der Waals surface area contributed by atoms with Crippen LogP contribution in [0.15, 0.2) is 30.3 Å². The summed E-state index contributed by atoms with van der Waals surface area (Å²) < 4.78 is 10.8. The second-order valence-electron chi connectivity index (χ2n) is 4.99. The molecule has 1 aliphatic rings. The van der Waals surface area contributed by atoms with Crippen LogP contribution in [0.3, 0.4) is 0 Å². The molecule has 1 atom stereocenters. The van der Waals surface area contributed by atoms with Gasteiger partial charge >= 0.3 is 0 Å². The van der Waals surface area contributed by atoms with Crippen LogP contribution in [0.5, 0.6) is 28.7 Å². The topological polar surface area (TPSA) is 96.2 Å². The Hall–Kier alpha value is -2.89. The third-order valence-corrected chi connectivity index (χ3v) is 3.57. The first-order valence-corrected chi connectivity index (χ1v) is 6.61. The van der Waals surface area contributed by atoms with Gasteiger partial charge in [0.2, 0.25) is 5.75 Å². The number of hydrogen-bond acceptors (Lipinski definition) is 6. The number of Topliss-reactive ketones (excluding diaryl/α,β-unsaturated/α-hetero) is 1. The standard InChI is InChI=1S/C16H14O6/c1-21-16-13(20)7-11(18)10-6-12(19)14(22-15(10)16)8-2-4-9(17)5-3-8/h2-5,7,14,17-18,20H,6H2,1H3. The van der Waals surface area contributed by atoms with Crippen molar-refractivity contribution in [1.29, 1.82) is 0 Å². The number of carbonyl (C=O) groups excluding carboxylic acids is 1. The van der Waals surface area contributed by atoms with Crippen LogP contribution in [-0.2, 0) is 11.2 Å². The highest BCUT2D eigenvalue weighted by Gasteiger charge is 2.34. The molecule has 0 saturated carbocycles. The number of phenolic OH excluding ortho intramolecular Hbond substituents is 3. The second-order valence-corrected chi connectivity index (χ2v) is 4.99. The van der Waals surface area contributed by atoms with Crippen molar-refractivity contribution in [1.82, 2.24) is 0 Å². The van der Waals surface area contributed by atoms with E-state index in [2.05, 4.69) is 0 Å². The van der Waals surface area contributed by atoms with E-state index < -0.39 is 6.10 Å². The molecule has 6 heteroatoms. The minimum absolute atomic E-state index is 0.0383. The second kappa shape index (κ2) is 5.14. The Balaban J connectivity index is 2.07. The van der Waals surface area contributed by atoms with Crippen LogP contribution >= 0.6 is 0 Å². The zero-order chi connectivity index (χ0) is 15.9. The van der Waals surface area contributed by atoms with Crippen LogP contribution < -0.4 is 9.47 Å². The van der Waals surface area contributed by atoms with Crippen molar-refractivity contribution in [3.63, 3.8) is 0 Å². The molecule has 0 amide bonds. The molecule has 0 radical (unpaired) electrons. The normalized spacial score (nSPS) is 16.8. The minimum Gasteiger partial charge on any atom is -0.508 e. The van der Waals surface area contributed by atoms with Crippen LogP contribution in [0, 0.1) is 0 Å². The average Bonchev–Trinajstić information content (AvgIpc) is 2.49. The molecule has 0 bridgehead atoms. The lowest BCUT2D eigenvalue weighted by Crippen LogP contribution is -2.26. The van der Waals surface area contributed by atoms with Gasteiger partial charge in [-0.05, 0) is 12.1 Å². The number of hydrogen-bond donors (Lipinski definition) is 3. The van der Waals surface area contributed by atoms with Crippen molar-refractivity contribution in [3.05, 3.63) is 41.5 Å². The summed E-state index contributed by atoms with van der Waals surface area (Å²) in [5.41, 5.74) is 0.855. The third-order valence-electron chi connectivity index (χ3n) is 3.57. The highest BCUT2D eigenvalue weighted by atomic mass is 16.5. The quantitative estimate of drug-likeness (QED) is 0.786. The highest BCUT2D eigenvalue weighted by Crippen LogP contribution is 2.48. The Kier molecular flexibility index (Phi) is 3.29. The molecule has 0 aliphatic carbocycles. The lowest BCUT2D eigenvalue weighted by Gasteiger charge is -2.27. The van der Waals surface area contributed by atoms with Gasteiger partial charge in [0.25, 0.3) is 0 Å². The first kappa shape index (κ1) is 14.1. The monoisotopic (exact) mass is 302 g/mol. The Morgan fingerprint density at radius 2 is 1.82 bits per heavy atom. The Bertz CT molecular complexity index is 735. The van der Waals surface area contributed by atoms with Crippen molar-refractivity contribution in [2.24, 2.45) is 0 Å². The predicted octanol–water partition coefficient (Wildman–Crippen LogP) is 2.06. The Morgan fingerprint density at radius 3 is 2.45 bits per heavy atom. The van der Waals surface area contributed by atoms with Gasteiger partial charge < -0.3 is 24.8 Å². The van der Waals surface area contributed by atoms with Gasteiger partial charge in [-0.2, -0.15) is 0 Å². The summed E-state index contributed by atoms with van der Waals surface area (Å²) in [6.07, 6.45) is -0.924. The first-order chi connectivity index (χ1) is 10.5. The number of rotatable bonds is 2. The largest absolute Gasteiger partial charge is 0.508 e. The third kappa shape index (κ3) is 2.18. The molecule has 0 fully saturated rings. The summed E-state index contributed by atoms with van der Waals surface area (Å²) in [5.74, 6) is -0.411. The van der Waals surface area contributed by atoms with E-state index in [9.17, 15) is 20.1 Å². The molecule has 6 nitrogen and oxygen atoms in total. The van der Waals surface area contributed by atoms with Gasteiger partial charge in [-0.25, -0.2) is 0 Å². The molecule has 1 heterocycles. The van der Waals surface area contributed by atoms with Crippen molar-refractivity contribution in [2.75, 3.05) is 7.11 Å². The SMILES string of the molecule is COc1c(O)cc(O)c2c1OC(c1ccc(O)cc1)C(=O)C2. The first-order valence-electron chi connectivity index (χ1n) is 6.61. The summed E-state index contributed by atoms with van der Waals surface area (Å²) in [7, 11) is 1.36. The lowest BCUT2D eigenvalue weighted by molar-refractivity contribution is -0.126. The number of carbonyl (C=O) groups is 1. The molecule has 0 aromatic heterocycles. The number of aromatic hydroxyl groups is 3. The Labute approximate surface area is 126 Å². The summed E-state index contributed by atoms with van der Waals surface area (Å²) in [6, 6.07) is 7.20. The molecule has 114 valence electrons. The number of phenols is 3. The van der Waals surface area contributed by atoms with Crippen LogP contribution in [-0.4, -0.2) is 28.2 Å². The predicted molar refractivity (Wildman–Crippen MR) is 76.5 cm³/mol. The molecule has 3 rings (SSSR count). The smallest absolute Gasteiger partial charge is 0.203 e. The van der Waals surface area contributed by atoms with Gasteiger partial charge in [0, 0.05) is 23.6 Å². The van der Waals surface area contributed by atoms with Gasteiger partial charge in [-0.15, -0.1) is 0 Å². The summed E-state index contributed by atoms with van der Waals surface area (Å²) in [5, 5.41) is 29.0. The summed E-state index contributed by atoms with van der Waals surface area (Å²) >= 11 is 0. The zero-order valence-corrected chi connectivity index (χ0v) is 11.7. The fraction of sp³-hybridized carbons (Fsp3) is 0.188. The van der Waals surface area contributed by atoms with Crippen molar-refractivity contribution < 1.29 is 29.6 Å². The van der Waals surface area contributed by atoms with Gasteiger partial charge in [0.05, 0.1) is 7.11 Å². The summed E-state index contributed by atoms with van der Waals surface area (Å²) in [4.78, 5) is 12.3. The van der Waals surface area contributed by atoms with E-state index >= 15 is 0 Å². The van der Waals surface area contributed by atoms with E-state index in [1.54, 1.807) is 12.1 Å². The van der Waals surface area contributed by atoms with E-state index in [-0.39, 0.29) is 46.5 Å². The molecule has 0 spiro atoms. The van der Waals surface area contributed by atoms with E-state index in [0.717, 1.165) is 6.07 Å². The van der Waals surface area contributed by atoms with Crippen LogP contribution in [0.25, 0.3) is 0 Å². The van der Waals surface area contributed by atoms with Crippen LogP contribution in [0.4, 0.5) is 0 Å². The minimum atomic E-state index is -0.886. The highest BCUT2D eigenvalue weighted by molar-refractivity contribution is 5.90. The molecule has 2 aromatic carbocycles. The van der Waals surface area contributed by atoms with E-state index in [4.69, 9.17) is 9.47 Å². The number of ether oxygens (including phenoxy) is 2. The maximum atomic E-state index is 12.3. The Morgan fingerprint density at radius 1 is 1.14 bits per heavy atom. The van der Waals surface area contributed by atoms with Gasteiger partial charge in [0.15, 0.2) is 23.4 Å². The van der Waals surface area contributed by atoms with Gasteiger partial charge in [-0.1, -0.05) is 12.1 Å². The van der Waals surface area contributed by atoms with E-state index in [0.29, 0.717) is 5.56 Å². The molecular weight excluding hydrogens is 288 g/mol. The maximum absolute atomic E-state index is 12.3. The van der Waals surface area contributed by atoms with Gasteiger partial charge in [0.1, 0.15) is 11.5 Å². The zero-order valence-electron chi connectivity index (χ0n) is 11.7. The number of methoxy groups -OCH3 is 1. The molecule has 1 unspecified atom stereocenters. The molecular formula is C16H14O6.